The van der Waals surface area contributed by atoms with E-state index in [1.54, 1.807) is 0 Å². The summed E-state index contributed by atoms with van der Waals surface area (Å²) in [5.74, 6) is -0.390. The van der Waals surface area contributed by atoms with Gasteiger partial charge in [0, 0.05) is 19.0 Å². The number of fused-ring (bicyclic) bond motifs is 1. The molecule has 4 nitrogen and oxygen atoms in total. The second-order valence-electron chi connectivity index (χ2n) is 5.74. The molecule has 1 heterocycles. The zero-order chi connectivity index (χ0) is 14.8. The maximum Gasteiger partial charge on any atom is 0.411 e. The highest BCUT2D eigenvalue weighted by Crippen LogP contribution is 2.39. The molecule has 0 bridgehead atoms. The summed E-state index contributed by atoms with van der Waals surface area (Å²) in [6, 6.07) is 0. The van der Waals surface area contributed by atoms with Crippen LogP contribution in [-0.4, -0.2) is 54.0 Å². The van der Waals surface area contributed by atoms with Gasteiger partial charge in [0.15, 0.2) is 0 Å². The van der Waals surface area contributed by atoms with E-state index < -0.39 is 30.9 Å². The molecule has 0 aromatic heterocycles. The minimum absolute atomic E-state index is 0.0385. The van der Waals surface area contributed by atoms with Crippen LogP contribution in [-0.2, 0) is 9.53 Å². The Morgan fingerprint density at radius 3 is 2.80 bits per heavy atom. The number of aliphatic hydroxyl groups is 1. The van der Waals surface area contributed by atoms with E-state index in [1.807, 2.05) is 0 Å². The molecule has 1 saturated heterocycles. The Morgan fingerprint density at radius 1 is 1.35 bits per heavy atom. The van der Waals surface area contributed by atoms with Gasteiger partial charge in [0.1, 0.15) is 13.2 Å². The molecule has 2 unspecified atom stereocenters. The molecule has 1 N–H and O–H groups in total. The highest BCUT2D eigenvalue weighted by molar-refractivity contribution is 5.77. The molecule has 2 rings (SSSR count). The maximum atomic E-state index is 11.9. The standard InChI is InChI=1S/C13H20F3NO3/c14-13(15,16)9-20-8-11(18)17-6-5-12(19)4-2-1-3-10(12)7-17/h10,19H,1-9H2. The summed E-state index contributed by atoms with van der Waals surface area (Å²) in [6.07, 6.45) is -0.266. The Bertz CT molecular complexity index is 361. The lowest BCUT2D eigenvalue weighted by Crippen LogP contribution is -2.55. The van der Waals surface area contributed by atoms with Gasteiger partial charge in [-0.2, -0.15) is 13.2 Å². The van der Waals surface area contributed by atoms with Crippen LogP contribution in [0.1, 0.15) is 32.1 Å². The average molecular weight is 295 g/mol. The highest BCUT2D eigenvalue weighted by atomic mass is 19.4. The number of alkyl halides is 3. The number of nitrogens with zero attached hydrogens (tertiary/aromatic N) is 1. The van der Waals surface area contributed by atoms with Crippen LogP contribution in [0.15, 0.2) is 0 Å². The number of rotatable bonds is 3. The van der Waals surface area contributed by atoms with E-state index in [1.165, 1.54) is 4.90 Å². The molecule has 0 radical (unpaired) electrons. The van der Waals surface area contributed by atoms with Crippen molar-refractivity contribution in [2.75, 3.05) is 26.3 Å². The fraction of sp³-hybridized carbons (Fsp3) is 0.923. The lowest BCUT2D eigenvalue weighted by atomic mass is 9.71. The molecular formula is C13H20F3NO3. The molecule has 2 aliphatic rings. The van der Waals surface area contributed by atoms with Crippen molar-refractivity contribution in [1.29, 1.82) is 0 Å². The number of hydrogen-bond acceptors (Lipinski definition) is 3. The van der Waals surface area contributed by atoms with Crippen LogP contribution in [0.5, 0.6) is 0 Å². The van der Waals surface area contributed by atoms with E-state index in [-0.39, 0.29) is 5.92 Å². The highest BCUT2D eigenvalue weighted by Gasteiger charge is 2.43. The van der Waals surface area contributed by atoms with Gasteiger partial charge in [-0.25, -0.2) is 0 Å². The van der Waals surface area contributed by atoms with Crippen molar-refractivity contribution in [3.8, 4) is 0 Å². The third-order valence-corrected chi connectivity index (χ3v) is 4.27. The molecule has 1 aliphatic heterocycles. The quantitative estimate of drug-likeness (QED) is 0.862. The molecular weight excluding hydrogens is 275 g/mol. The fourth-order valence-corrected chi connectivity index (χ4v) is 3.14. The summed E-state index contributed by atoms with van der Waals surface area (Å²) >= 11 is 0. The summed E-state index contributed by atoms with van der Waals surface area (Å²) in [5, 5.41) is 10.5. The lowest BCUT2D eigenvalue weighted by molar-refractivity contribution is -0.179. The predicted octanol–water partition coefficient (Wildman–Crippen LogP) is 1.72. The van der Waals surface area contributed by atoms with Crippen LogP contribution >= 0.6 is 0 Å². The zero-order valence-electron chi connectivity index (χ0n) is 11.3. The van der Waals surface area contributed by atoms with Crippen molar-refractivity contribution >= 4 is 5.91 Å². The van der Waals surface area contributed by atoms with Crippen molar-refractivity contribution in [2.45, 2.75) is 43.9 Å². The number of carbonyl (C=O) groups is 1. The van der Waals surface area contributed by atoms with E-state index in [0.29, 0.717) is 19.5 Å². The largest absolute Gasteiger partial charge is 0.411 e. The van der Waals surface area contributed by atoms with Crippen molar-refractivity contribution in [3.05, 3.63) is 0 Å². The third kappa shape index (κ3) is 3.85. The van der Waals surface area contributed by atoms with E-state index in [0.717, 1.165) is 25.7 Å². The second-order valence-corrected chi connectivity index (χ2v) is 5.74. The first kappa shape index (κ1) is 15.6. The Balaban J connectivity index is 1.80. The van der Waals surface area contributed by atoms with Crippen LogP contribution in [0.3, 0.4) is 0 Å². The SMILES string of the molecule is O=C(COCC(F)(F)F)N1CCC2(O)CCCCC2C1. The molecule has 0 spiro atoms. The fourth-order valence-electron chi connectivity index (χ4n) is 3.14. The summed E-state index contributed by atoms with van der Waals surface area (Å²) in [4.78, 5) is 13.3. The number of hydrogen-bond donors (Lipinski definition) is 1. The first-order chi connectivity index (χ1) is 9.30. The smallest absolute Gasteiger partial charge is 0.389 e. The number of amides is 1. The zero-order valence-corrected chi connectivity index (χ0v) is 11.3. The molecule has 116 valence electrons. The van der Waals surface area contributed by atoms with Crippen molar-refractivity contribution in [3.63, 3.8) is 0 Å². The average Bonchev–Trinajstić information content (AvgIpc) is 2.36. The predicted molar refractivity (Wildman–Crippen MR) is 65.0 cm³/mol. The Kier molecular flexibility index (Phi) is 4.59. The number of carbonyl (C=O) groups excluding carboxylic acids is 1. The minimum atomic E-state index is -4.41. The summed E-state index contributed by atoms with van der Waals surface area (Å²) in [6.45, 7) is -1.14. The minimum Gasteiger partial charge on any atom is -0.389 e. The van der Waals surface area contributed by atoms with Gasteiger partial charge < -0.3 is 14.7 Å². The normalized spacial score (nSPS) is 31.0. The molecule has 1 saturated carbocycles. The first-order valence-electron chi connectivity index (χ1n) is 6.95. The molecule has 7 heteroatoms. The molecule has 0 aromatic carbocycles. The molecule has 0 aromatic rings. The molecule has 2 atom stereocenters. The van der Waals surface area contributed by atoms with Crippen molar-refractivity contribution in [1.82, 2.24) is 4.90 Å². The van der Waals surface area contributed by atoms with Crippen LogP contribution in [0.4, 0.5) is 13.2 Å². The lowest BCUT2D eigenvalue weighted by Gasteiger charge is -2.47. The summed E-state index contributed by atoms with van der Waals surface area (Å²) < 4.78 is 40.2. The molecule has 20 heavy (non-hydrogen) atoms. The van der Waals surface area contributed by atoms with E-state index >= 15 is 0 Å². The summed E-state index contributed by atoms with van der Waals surface area (Å²) in [5.41, 5.74) is -0.693. The van der Waals surface area contributed by atoms with Crippen molar-refractivity contribution < 1.29 is 27.8 Å². The van der Waals surface area contributed by atoms with Gasteiger partial charge in [-0.15, -0.1) is 0 Å². The van der Waals surface area contributed by atoms with Gasteiger partial charge in [0.25, 0.3) is 0 Å². The Labute approximate surface area is 115 Å². The Morgan fingerprint density at radius 2 is 2.10 bits per heavy atom. The number of ether oxygens (including phenoxy) is 1. The number of halogens is 3. The topological polar surface area (TPSA) is 49.8 Å². The van der Waals surface area contributed by atoms with Gasteiger partial charge in [-0.3, -0.25) is 4.79 Å². The van der Waals surface area contributed by atoms with Gasteiger partial charge in [-0.05, 0) is 19.3 Å². The molecule has 1 aliphatic carbocycles. The van der Waals surface area contributed by atoms with Crippen LogP contribution in [0, 0.1) is 5.92 Å². The second kappa shape index (κ2) is 5.89. The van der Waals surface area contributed by atoms with Crippen LogP contribution in [0.2, 0.25) is 0 Å². The number of piperidine rings is 1. The van der Waals surface area contributed by atoms with E-state index in [4.69, 9.17) is 0 Å². The summed E-state index contributed by atoms with van der Waals surface area (Å²) in [7, 11) is 0. The first-order valence-corrected chi connectivity index (χ1v) is 6.95. The third-order valence-electron chi connectivity index (χ3n) is 4.27. The van der Waals surface area contributed by atoms with Gasteiger partial charge in [-0.1, -0.05) is 12.8 Å². The Hall–Kier alpha value is -0.820. The van der Waals surface area contributed by atoms with E-state index in [9.17, 15) is 23.1 Å². The monoisotopic (exact) mass is 295 g/mol. The van der Waals surface area contributed by atoms with Gasteiger partial charge >= 0.3 is 6.18 Å². The molecule has 2 fully saturated rings. The molecule has 1 amide bonds. The van der Waals surface area contributed by atoms with Crippen LogP contribution < -0.4 is 0 Å². The van der Waals surface area contributed by atoms with E-state index in [2.05, 4.69) is 4.74 Å². The van der Waals surface area contributed by atoms with Gasteiger partial charge in [0.05, 0.1) is 5.60 Å². The number of likely N-dealkylation sites (tertiary alicyclic amines) is 1. The van der Waals surface area contributed by atoms with Crippen molar-refractivity contribution in [2.24, 2.45) is 5.92 Å². The van der Waals surface area contributed by atoms with Gasteiger partial charge in [0.2, 0.25) is 5.91 Å². The maximum absolute atomic E-state index is 11.9. The van der Waals surface area contributed by atoms with Crippen LogP contribution in [0.25, 0.3) is 0 Å².